The van der Waals surface area contributed by atoms with E-state index in [9.17, 15) is 27.4 Å². The second-order valence-electron chi connectivity index (χ2n) is 9.79. The quantitative estimate of drug-likeness (QED) is 0.203. The molecule has 5 rings (SSSR count). The van der Waals surface area contributed by atoms with E-state index in [0.717, 1.165) is 23.1 Å². The minimum Gasteiger partial charge on any atom is -0.390 e. The summed E-state index contributed by atoms with van der Waals surface area (Å²) in [5, 5.41) is 27.8. The number of nitrogens with zero attached hydrogens (tertiary/aromatic N) is 4. The van der Waals surface area contributed by atoms with Crippen molar-refractivity contribution in [2.24, 2.45) is 5.92 Å². The number of thiazole rings is 1. The van der Waals surface area contributed by atoms with E-state index in [1.807, 2.05) is 0 Å². The van der Waals surface area contributed by atoms with Gasteiger partial charge >= 0.3 is 0 Å². The van der Waals surface area contributed by atoms with Gasteiger partial charge in [0.1, 0.15) is 43.9 Å². The van der Waals surface area contributed by atoms with Gasteiger partial charge in [0.2, 0.25) is 5.95 Å². The third kappa shape index (κ3) is 5.68. The highest BCUT2D eigenvalue weighted by Crippen LogP contribution is 2.39. The molecule has 6 N–H and O–H groups in total. The van der Waals surface area contributed by atoms with E-state index < -0.39 is 45.6 Å². The number of anilines is 3. The Balaban J connectivity index is 1.53. The average Bonchev–Trinajstić information content (AvgIpc) is 3.40. The van der Waals surface area contributed by atoms with Gasteiger partial charge in [-0.05, 0) is 31.5 Å². The first kappa shape index (κ1) is 28.0. The van der Waals surface area contributed by atoms with E-state index in [4.69, 9.17) is 5.73 Å². The topological polar surface area (TPSA) is 176 Å². The Morgan fingerprint density at radius 3 is 2.52 bits per heavy atom. The van der Waals surface area contributed by atoms with Crippen LogP contribution in [0.2, 0.25) is 0 Å². The van der Waals surface area contributed by atoms with Gasteiger partial charge in [0.15, 0.2) is 5.82 Å². The molecule has 0 bridgehead atoms. The molecule has 1 fully saturated rings. The van der Waals surface area contributed by atoms with Gasteiger partial charge in [0, 0.05) is 30.5 Å². The maximum absolute atomic E-state index is 14.2. The van der Waals surface area contributed by atoms with E-state index >= 15 is 0 Å². The highest BCUT2D eigenvalue weighted by Gasteiger charge is 2.43. The predicted molar refractivity (Wildman–Crippen MR) is 149 cm³/mol. The standard InChI is InChI=1S/C25H27F2N7O4S2/c1-11-18(24-33-19-17(39-24)6-7-29-22(19)28)23(32-16-8-12(10-40(2,37)38)20(35)21(16)36)34-25(31-11)30-9-13-14(26)4-3-5-15(13)27/h3-7,12,16,20-21,35-36H,8-10H2,1-2H3,(H2,28,29)(H2,30,31,32,34). The number of nitrogens with two attached hydrogens (primary N) is 1. The molecule has 4 unspecified atom stereocenters. The van der Waals surface area contributed by atoms with Crippen molar-refractivity contribution in [3.63, 3.8) is 0 Å². The van der Waals surface area contributed by atoms with Crippen LogP contribution in [0, 0.1) is 24.5 Å². The number of hydrogen-bond donors (Lipinski definition) is 5. The van der Waals surface area contributed by atoms with Crippen molar-refractivity contribution < 1.29 is 27.4 Å². The Kier molecular flexibility index (Phi) is 7.56. The zero-order valence-electron chi connectivity index (χ0n) is 21.5. The summed E-state index contributed by atoms with van der Waals surface area (Å²) in [7, 11) is -3.41. The molecule has 3 heterocycles. The van der Waals surface area contributed by atoms with Crippen molar-refractivity contribution in [1.82, 2.24) is 19.9 Å². The predicted octanol–water partition coefficient (Wildman–Crippen LogP) is 2.50. The Labute approximate surface area is 232 Å². The van der Waals surface area contributed by atoms with Gasteiger partial charge in [-0.1, -0.05) is 6.07 Å². The summed E-state index contributed by atoms with van der Waals surface area (Å²) < 4.78 is 52.9. The molecule has 0 aliphatic heterocycles. The third-order valence-electron chi connectivity index (χ3n) is 6.77. The fourth-order valence-electron chi connectivity index (χ4n) is 4.86. The van der Waals surface area contributed by atoms with E-state index in [1.165, 1.54) is 17.4 Å². The number of aliphatic hydroxyl groups excluding tert-OH is 2. The number of nitrogens with one attached hydrogen (secondary N) is 2. The maximum Gasteiger partial charge on any atom is 0.225 e. The second kappa shape index (κ2) is 10.8. The number of aryl methyl sites for hydroxylation is 1. The van der Waals surface area contributed by atoms with Gasteiger partial charge in [-0.25, -0.2) is 32.2 Å². The lowest BCUT2D eigenvalue weighted by atomic mass is 10.1. The number of sulfone groups is 1. The van der Waals surface area contributed by atoms with Crippen molar-refractivity contribution in [2.45, 2.75) is 38.1 Å². The molecule has 4 atom stereocenters. The highest BCUT2D eigenvalue weighted by molar-refractivity contribution is 7.90. The Morgan fingerprint density at radius 1 is 1.12 bits per heavy atom. The zero-order chi connectivity index (χ0) is 28.8. The number of rotatable bonds is 8. The molecule has 40 heavy (non-hydrogen) atoms. The van der Waals surface area contributed by atoms with E-state index in [-0.39, 0.29) is 41.9 Å². The minimum absolute atomic E-state index is 0.0504. The van der Waals surface area contributed by atoms with Crippen LogP contribution in [-0.4, -0.2) is 68.8 Å². The summed E-state index contributed by atoms with van der Waals surface area (Å²) in [6.07, 6.45) is 0.234. The average molecular weight is 592 g/mol. The number of benzene rings is 1. The number of nitrogen functional groups attached to an aromatic ring is 1. The zero-order valence-corrected chi connectivity index (χ0v) is 23.1. The van der Waals surface area contributed by atoms with E-state index in [0.29, 0.717) is 21.8 Å². The van der Waals surface area contributed by atoms with Gasteiger partial charge < -0.3 is 26.6 Å². The van der Waals surface area contributed by atoms with Crippen molar-refractivity contribution in [1.29, 1.82) is 0 Å². The Bertz CT molecular complexity index is 1670. The fraction of sp³-hybridized carbons (Fsp3) is 0.360. The normalized spacial score (nSPS) is 21.1. The monoisotopic (exact) mass is 591 g/mol. The van der Waals surface area contributed by atoms with Crippen molar-refractivity contribution >= 4 is 49.0 Å². The summed E-state index contributed by atoms with van der Waals surface area (Å²) in [4.78, 5) is 17.7. The van der Waals surface area contributed by atoms with Crippen LogP contribution < -0.4 is 16.4 Å². The van der Waals surface area contributed by atoms with E-state index in [2.05, 4.69) is 30.6 Å². The highest BCUT2D eigenvalue weighted by atomic mass is 32.2. The van der Waals surface area contributed by atoms with Crippen LogP contribution >= 0.6 is 11.3 Å². The summed E-state index contributed by atoms with van der Waals surface area (Å²) >= 11 is 1.32. The summed E-state index contributed by atoms with van der Waals surface area (Å²) in [5.74, 6) is -1.90. The van der Waals surface area contributed by atoms with Crippen molar-refractivity contribution in [3.05, 3.63) is 53.4 Å². The molecule has 1 saturated carbocycles. The number of pyridine rings is 1. The lowest BCUT2D eigenvalue weighted by molar-refractivity contribution is 0.0216. The number of aromatic nitrogens is 4. The van der Waals surface area contributed by atoms with Gasteiger partial charge in [-0.15, -0.1) is 11.3 Å². The molecule has 3 aromatic heterocycles. The van der Waals surface area contributed by atoms with Crippen molar-refractivity contribution in [3.8, 4) is 10.6 Å². The molecule has 0 amide bonds. The van der Waals surface area contributed by atoms with Crippen LogP contribution in [0.5, 0.6) is 0 Å². The first-order valence-corrected chi connectivity index (χ1v) is 15.2. The van der Waals surface area contributed by atoms with E-state index in [1.54, 1.807) is 19.2 Å². The number of fused-ring (bicyclic) bond motifs is 1. The second-order valence-corrected chi connectivity index (χ2v) is 13.0. The van der Waals surface area contributed by atoms with Crippen LogP contribution in [0.15, 0.2) is 30.5 Å². The summed E-state index contributed by atoms with van der Waals surface area (Å²) in [5.41, 5.74) is 7.25. The Morgan fingerprint density at radius 2 is 1.85 bits per heavy atom. The lowest BCUT2D eigenvalue weighted by Crippen LogP contribution is -2.36. The number of aliphatic hydroxyl groups is 2. The Hall–Kier alpha value is -3.53. The smallest absolute Gasteiger partial charge is 0.225 e. The maximum atomic E-state index is 14.2. The van der Waals surface area contributed by atoms with Crippen molar-refractivity contribution in [2.75, 3.05) is 28.4 Å². The molecule has 0 spiro atoms. The van der Waals surface area contributed by atoms with Crippen LogP contribution in [-0.2, 0) is 16.4 Å². The van der Waals surface area contributed by atoms with Crippen LogP contribution in [0.3, 0.4) is 0 Å². The number of hydrogen-bond acceptors (Lipinski definition) is 12. The van der Waals surface area contributed by atoms with Crippen LogP contribution in [0.4, 0.5) is 26.4 Å². The molecule has 15 heteroatoms. The first-order valence-electron chi connectivity index (χ1n) is 12.3. The summed E-state index contributed by atoms with van der Waals surface area (Å²) in [6, 6.07) is 4.57. The lowest BCUT2D eigenvalue weighted by Gasteiger charge is -2.21. The molecule has 1 aromatic carbocycles. The third-order valence-corrected chi connectivity index (χ3v) is 8.84. The van der Waals surface area contributed by atoms with Gasteiger partial charge in [0.05, 0.1) is 33.9 Å². The fourth-order valence-corrected chi connectivity index (χ4v) is 7.04. The largest absolute Gasteiger partial charge is 0.390 e. The minimum atomic E-state index is -3.41. The molecular formula is C25H27F2N7O4S2. The number of halogens is 2. The first-order chi connectivity index (χ1) is 18.9. The van der Waals surface area contributed by atoms with Gasteiger partial charge in [-0.2, -0.15) is 4.98 Å². The molecule has 1 aliphatic carbocycles. The summed E-state index contributed by atoms with van der Waals surface area (Å²) in [6.45, 7) is 1.47. The molecule has 0 radical (unpaired) electrons. The molecule has 4 aromatic rings. The SMILES string of the molecule is Cc1nc(NCc2c(F)cccc2F)nc(NC2CC(CS(C)(=O)=O)C(O)C2O)c1-c1nc2c(N)nccc2s1. The molecule has 11 nitrogen and oxygen atoms in total. The molecule has 0 saturated heterocycles. The van der Waals surface area contributed by atoms with Crippen LogP contribution in [0.25, 0.3) is 20.8 Å². The molecule has 212 valence electrons. The molecular weight excluding hydrogens is 564 g/mol. The van der Waals surface area contributed by atoms with Gasteiger partial charge in [-0.3, -0.25) is 0 Å². The van der Waals surface area contributed by atoms with Crippen LogP contribution in [0.1, 0.15) is 17.7 Å². The molecule has 1 aliphatic rings. The van der Waals surface area contributed by atoms with Gasteiger partial charge in [0.25, 0.3) is 0 Å².